The van der Waals surface area contributed by atoms with E-state index < -0.39 is 10.1 Å². The Morgan fingerprint density at radius 3 is 2.40 bits per heavy atom. The summed E-state index contributed by atoms with van der Waals surface area (Å²) in [6.45, 7) is 0. The van der Waals surface area contributed by atoms with Crippen molar-refractivity contribution in [3.05, 3.63) is 12.3 Å². The van der Waals surface area contributed by atoms with Gasteiger partial charge in [-0.05, 0) is 6.07 Å². The van der Waals surface area contributed by atoms with Gasteiger partial charge in [0.25, 0.3) is 10.1 Å². The fourth-order valence-electron chi connectivity index (χ4n) is 0.486. The van der Waals surface area contributed by atoms with Gasteiger partial charge >= 0.3 is 0 Å². The number of hydrogen-bond donors (Lipinski definition) is 2. The Morgan fingerprint density at radius 2 is 2.20 bits per heavy atom. The lowest BCUT2D eigenvalue weighted by Crippen LogP contribution is -1.95. The second-order valence-electron chi connectivity index (χ2n) is 1.57. The summed E-state index contributed by atoms with van der Waals surface area (Å²) < 4.78 is 33.7. The highest BCUT2D eigenvalue weighted by atomic mass is 32.2. The molecule has 10 heavy (non-hydrogen) atoms. The van der Waals surface area contributed by atoms with E-state index in [9.17, 15) is 8.42 Å². The van der Waals surface area contributed by atoms with Gasteiger partial charge in [0.1, 0.15) is 4.90 Å². The number of thiol groups is 1. The molecule has 4 nitrogen and oxygen atoms in total. The fourth-order valence-corrected chi connectivity index (χ4v) is 1.46. The molecule has 0 aliphatic carbocycles. The lowest BCUT2D eigenvalue weighted by molar-refractivity contribution is 0.445. The predicted octanol–water partition coefficient (Wildman–Crippen LogP) is 0.815. The molecular formula is C4H4O4S2. The molecule has 0 atom stereocenters. The van der Waals surface area contributed by atoms with E-state index in [0.717, 1.165) is 12.3 Å². The van der Waals surface area contributed by atoms with E-state index >= 15 is 0 Å². The van der Waals surface area contributed by atoms with E-state index in [1.54, 1.807) is 0 Å². The van der Waals surface area contributed by atoms with Crippen molar-refractivity contribution in [3.8, 4) is 0 Å². The first-order valence-electron chi connectivity index (χ1n) is 2.26. The van der Waals surface area contributed by atoms with E-state index in [0.29, 0.717) is 0 Å². The molecule has 1 aromatic rings. The van der Waals surface area contributed by atoms with E-state index in [-0.39, 0.29) is 9.99 Å². The smallest absolute Gasteiger partial charge is 0.298 e. The molecule has 0 aliphatic heterocycles. The SMILES string of the molecule is O=S(=O)(O)c1ccoc1S. The van der Waals surface area contributed by atoms with Crippen LogP contribution in [0, 0.1) is 0 Å². The second kappa shape index (κ2) is 2.30. The molecule has 1 rings (SSSR count). The molecule has 0 bridgehead atoms. The Hall–Kier alpha value is -0.460. The minimum absolute atomic E-state index is 0.109. The van der Waals surface area contributed by atoms with E-state index in [4.69, 9.17) is 4.55 Å². The summed E-state index contributed by atoms with van der Waals surface area (Å²) in [7, 11) is -4.16. The highest BCUT2D eigenvalue weighted by Gasteiger charge is 2.15. The summed E-state index contributed by atoms with van der Waals surface area (Å²) in [5, 5.41) is -0.109. The zero-order valence-electron chi connectivity index (χ0n) is 4.68. The standard InChI is InChI=1S/C4H4O4S2/c5-10(6,7)3-1-2-8-4(3)9/h1-2,9H,(H,5,6,7). The molecule has 0 saturated carbocycles. The van der Waals surface area contributed by atoms with Crippen LogP contribution in [0.2, 0.25) is 0 Å². The van der Waals surface area contributed by atoms with Crippen molar-refractivity contribution >= 4 is 22.7 Å². The third kappa shape index (κ3) is 1.34. The predicted molar refractivity (Wildman–Crippen MR) is 35.8 cm³/mol. The van der Waals surface area contributed by atoms with Gasteiger partial charge in [-0.3, -0.25) is 4.55 Å². The van der Waals surface area contributed by atoms with Crippen molar-refractivity contribution in [1.29, 1.82) is 0 Å². The van der Waals surface area contributed by atoms with Gasteiger partial charge in [0.2, 0.25) is 0 Å². The molecule has 6 heteroatoms. The van der Waals surface area contributed by atoms with Gasteiger partial charge in [-0.25, -0.2) is 0 Å². The van der Waals surface area contributed by atoms with Crippen LogP contribution in [0.15, 0.2) is 26.7 Å². The topological polar surface area (TPSA) is 67.5 Å². The Labute approximate surface area is 63.0 Å². The number of rotatable bonds is 1. The van der Waals surface area contributed by atoms with Gasteiger partial charge in [-0.2, -0.15) is 8.42 Å². The van der Waals surface area contributed by atoms with Crippen LogP contribution in [0.25, 0.3) is 0 Å². The van der Waals surface area contributed by atoms with Crippen molar-refractivity contribution in [2.45, 2.75) is 9.99 Å². The van der Waals surface area contributed by atoms with Crippen LogP contribution >= 0.6 is 12.6 Å². The van der Waals surface area contributed by atoms with E-state index in [2.05, 4.69) is 17.0 Å². The summed E-state index contributed by atoms with van der Waals surface area (Å²) in [5.74, 6) is 0. The van der Waals surface area contributed by atoms with Crippen molar-refractivity contribution in [3.63, 3.8) is 0 Å². The largest absolute Gasteiger partial charge is 0.457 e. The van der Waals surface area contributed by atoms with Gasteiger partial charge < -0.3 is 4.42 Å². The molecule has 0 saturated heterocycles. The zero-order chi connectivity index (χ0) is 7.78. The molecular weight excluding hydrogens is 176 g/mol. The molecule has 0 spiro atoms. The average Bonchev–Trinajstić information content (AvgIpc) is 2.11. The summed E-state index contributed by atoms with van der Waals surface area (Å²) in [5.41, 5.74) is 0. The molecule has 0 aromatic carbocycles. The summed E-state index contributed by atoms with van der Waals surface area (Å²) in [6.07, 6.45) is 1.13. The molecule has 0 aliphatic rings. The third-order valence-corrected chi connectivity index (χ3v) is 2.26. The first kappa shape index (κ1) is 7.64. The zero-order valence-corrected chi connectivity index (χ0v) is 6.39. The van der Waals surface area contributed by atoms with Crippen LogP contribution in [0.4, 0.5) is 0 Å². The Bertz CT molecular complexity index is 323. The highest BCUT2D eigenvalue weighted by molar-refractivity contribution is 7.87. The van der Waals surface area contributed by atoms with Gasteiger partial charge in [-0.15, -0.1) is 12.6 Å². The summed E-state index contributed by atoms with van der Waals surface area (Å²) >= 11 is 3.64. The van der Waals surface area contributed by atoms with Crippen LogP contribution in [-0.2, 0) is 10.1 Å². The maximum absolute atomic E-state index is 10.4. The van der Waals surface area contributed by atoms with Gasteiger partial charge in [0.15, 0.2) is 5.09 Å². The molecule has 0 radical (unpaired) electrons. The lowest BCUT2D eigenvalue weighted by atomic mass is 10.7. The summed E-state index contributed by atoms with van der Waals surface area (Å²) in [4.78, 5) is -0.309. The lowest BCUT2D eigenvalue weighted by Gasteiger charge is -1.88. The molecule has 1 aromatic heterocycles. The van der Waals surface area contributed by atoms with Crippen molar-refractivity contribution in [1.82, 2.24) is 0 Å². The fraction of sp³-hybridized carbons (Fsp3) is 0. The molecule has 1 heterocycles. The van der Waals surface area contributed by atoms with Crippen LogP contribution in [0.1, 0.15) is 0 Å². The normalized spacial score (nSPS) is 11.8. The maximum atomic E-state index is 10.4. The van der Waals surface area contributed by atoms with Gasteiger partial charge in [0, 0.05) is 0 Å². The quantitative estimate of drug-likeness (QED) is 0.496. The first-order valence-corrected chi connectivity index (χ1v) is 4.14. The Morgan fingerprint density at radius 1 is 1.60 bits per heavy atom. The summed E-state index contributed by atoms with van der Waals surface area (Å²) in [6, 6.07) is 1.12. The molecule has 0 fully saturated rings. The minimum Gasteiger partial charge on any atom is -0.457 e. The van der Waals surface area contributed by atoms with Gasteiger partial charge in [-0.1, -0.05) is 0 Å². The van der Waals surface area contributed by atoms with Crippen LogP contribution in [-0.4, -0.2) is 13.0 Å². The third-order valence-electron chi connectivity index (χ3n) is 0.888. The van der Waals surface area contributed by atoms with E-state index in [1.165, 1.54) is 0 Å². The van der Waals surface area contributed by atoms with Crippen molar-refractivity contribution in [2.24, 2.45) is 0 Å². The van der Waals surface area contributed by atoms with Gasteiger partial charge in [0.05, 0.1) is 6.26 Å². The van der Waals surface area contributed by atoms with Crippen molar-refractivity contribution < 1.29 is 17.4 Å². The van der Waals surface area contributed by atoms with E-state index in [1.807, 2.05) is 0 Å². The average molecular weight is 180 g/mol. The number of furan rings is 1. The second-order valence-corrected chi connectivity index (χ2v) is 3.36. The van der Waals surface area contributed by atoms with Crippen molar-refractivity contribution in [2.75, 3.05) is 0 Å². The molecule has 0 amide bonds. The van der Waals surface area contributed by atoms with Crippen LogP contribution in [0.3, 0.4) is 0 Å². The molecule has 1 N–H and O–H groups in total. The highest BCUT2D eigenvalue weighted by Crippen LogP contribution is 2.19. The molecule has 56 valence electrons. The first-order chi connectivity index (χ1) is 4.52. The maximum Gasteiger partial charge on any atom is 0.298 e. The van der Waals surface area contributed by atoms with Crippen LogP contribution < -0.4 is 0 Å². The minimum atomic E-state index is -4.16. The molecule has 0 unspecified atom stereocenters. The number of hydrogen-bond acceptors (Lipinski definition) is 4. The Balaban J connectivity index is 3.32. The Kier molecular flexibility index (Phi) is 1.76. The monoisotopic (exact) mass is 180 g/mol. The van der Waals surface area contributed by atoms with Crippen LogP contribution in [0.5, 0.6) is 0 Å².